The summed E-state index contributed by atoms with van der Waals surface area (Å²) in [6.07, 6.45) is 2.98. The molecule has 2 aromatic rings. The molecule has 0 N–H and O–H groups in total. The molecule has 0 amide bonds. The minimum atomic E-state index is -0.366. The second-order valence-electron chi connectivity index (χ2n) is 4.24. The summed E-state index contributed by atoms with van der Waals surface area (Å²) in [6, 6.07) is 7.25. The maximum Gasteiger partial charge on any atom is 0.270 e. The van der Waals surface area contributed by atoms with Crippen LogP contribution in [-0.2, 0) is 4.74 Å². The van der Waals surface area contributed by atoms with Crippen molar-refractivity contribution in [1.29, 1.82) is 0 Å². The number of hydrogen-bond acceptors (Lipinski definition) is 3. The first-order valence-corrected chi connectivity index (χ1v) is 5.58. The van der Waals surface area contributed by atoms with Gasteiger partial charge in [-0.3, -0.25) is 10.1 Å². The maximum atomic E-state index is 10.7. The van der Waals surface area contributed by atoms with E-state index in [-0.39, 0.29) is 10.6 Å². The molecule has 0 radical (unpaired) electrons. The van der Waals surface area contributed by atoms with E-state index in [1.165, 1.54) is 0 Å². The van der Waals surface area contributed by atoms with E-state index in [4.69, 9.17) is 4.74 Å². The molecule has 2 heterocycles. The van der Waals surface area contributed by atoms with Crippen LogP contribution >= 0.6 is 0 Å². The topological polar surface area (TPSA) is 57.3 Å². The Balaban J connectivity index is 2.07. The van der Waals surface area contributed by atoms with Gasteiger partial charge < -0.3 is 9.30 Å². The van der Waals surface area contributed by atoms with Gasteiger partial charge in [0.1, 0.15) is 0 Å². The van der Waals surface area contributed by atoms with Gasteiger partial charge in [-0.15, -0.1) is 0 Å². The van der Waals surface area contributed by atoms with E-state index in [2.05, 4.69) is 4.57 Å². The number of hydrogen-bond donors (Lipinski definition) is 0. The molecule has 0 spiro atoms. The van der Waals surface area contributed by atoms with E-state index in [9.17, 15) is 10.1 Å². The molecule has 1 saturated heterocycles. The fourth-order valence-electron chi connectivity index (χ4n) is 2.32. The molecule has 5 heteroatoms. The summed E-state index contributed by atoms with van der Waals surface area (Å²) < 4.78 is 7.51. The highest BCUT2D eigenvalue weighted by Crippen LogP contribution is 2.27. The molecule has 1 fully saturated rings. The van der Waals surface area contributed by atoms with Crippen molar-refractivity contribution in [3.05, 3.63) is 40.6 Å². The van der Waals surface area contributed by atoms with Crippen molar-refractivity contribution in [3.8, 4) is 0 Å². The lowest BCUT2D eigenvalue weighted by Gasteiger charge is -2.11. The largest absolute Gasteiger partial charge is 0.379 e. The molecule has 1 aliphatic rings. The number of non-ortho nitro benzene ring substituents is 1. The molecule has 0 saturated carbocycles. The molecular weight excluding hydrogens is 220 g/mol. The Morgan fingerprint density at radius 1 is 1.41 bits per heavy atom. The normalized spacial score (nSPS) is 19.9. The lowest BCUT2D eigenvalue weighted by atomic mass is 10.2. The van der Waals surface area contributed by atoms with Crippen molar-refractivity contribution >= 4 is 16.6 Å². The molecular formula is C12H12N2O3. The Kier molecular flexibility index (Phi) is 2.33. The van der Waals surface area contributed by atoms with Crippen molar-refractivity contribution in [2.75, 3.05) is 13.2 Å². The number of rotatable bonds is 2. The van der Waals surface area contributed by atoms with Gasteiger partial charge in [-0.1, -0.05) is 0 Å². The van der Waals surface area contributed by atoms with Gasteiger partial charge in [0.15, 0.2) is 0 Å². The predicted molar refractivity (Wildman–Crippen MR) is 63.1 cm³/mol. The summed E-state index contributed by atoms with van der Waals surface area (Å²) in [5.41, 5.74) is 1.17. The lowest BCUT2D eigenvalue weighted by molar-refractivity contribution is -0.384. The van der Waals surface area contributed by atoms with Crippen LogP contribution in [0.15, 0.2) is 30.5 Å². The average Bonchev–Trinajstić information content (AvgIpc) is 2.96. The van der Waals surface area contributed by atoms with Gasteiger partial charge in [0, 0.05) is 35.8 Å². The highest BCUT2D eigenvalue weighted by atomic mass is 16.6. The van der Waals surface area contributed by atoms with E-state index in [1.54, 1.807) is 12.1 Å². The molecule has 1 atom stereocenters. The highest BCUT2D eigenvalue weighted by Gasteiger charge is 2.19. The minimum absolute atomic E-state index is 0.137. The summed E-state index contributed by atoms with van der Waals surface area (Å²) in [4.78, 5) is 10.3. The summed E-state index contributed by atoms with van der Waals surface area (Å²) >= 11 is 0. The van der Waals surface area contributed by atoms with Gasteiger partial charge in [0.25, 0.3) is 5.69 Å². The number of nitro benzene ring substituents is 1. The Labute approximate surface area is 97.8 Å². The molecule has 1 aromatic carbocycles. The fourth-order valence-corrected chi connectivity index (χ4v) is 2.32. The Morgan fingerprint density at radius 2 is 2.29 bits per heavy atom. The van der Waals surface area contributed by atoms with Crippen LogP contribution in [0.2, 0.25) is 0 Å². The van der Waals surface area contributed by atoms with E-state index in [0.717, 1.165) is 30.5 Å². The van der Waals surface area contributed by atoms with Crippen molar-refractivity contribution in [1.82, 2.24) is 4.57 Å². The van der Waals surface area contributed by atoms with E-state index < -0.39 is 0 Å². The van der Waals surface area contributed by atoms with Crippen molar-refractivity contribution < 1.29 is 9.66 Å². The van der Waals surface area contributed by atoms with Gasteiger partial charge in [0.05, 0.1) is 17.6 Å². The van der Waals surface area contributed by atoms with Gasteiger partial charge in [-0.2, -0.15) is 0 Å². The zero-order chi connectivity index (χ0) is 11.8. The number of ether oxygens (including phenoxy) is 1. The van der Waals surface area contributed by atoms with Gasteiger partial charge in [0.2, 0.25) is 0 Å². The zero-order valence-corrected chi connectivity index (χ0v) is 9.20. The van der Waals surface area contributed by atoms with E-state index in [1.807, 2.05) is 18.3 Å². The van der Waals surface area contributed by atoms with Crippen LogP contribution in [0, 0.1) is 10.1 Å². The first-order chi connectivity index (χ1) is 8.25. The van der Waals surface area contributed by atoms with Crippen LogP contribution in [0.1, 0.15) is 12.5 Å². The Hall–Kier alpha value is -1.88. The van der Waals surface area contributed by atoms with Gasteiger partial charge in [-0.25, -0.2) is 0 Å². The Bertz CT molecular complexity index is 570. The predicted octanol–water partition coefficient (Wildman–Crippen LogP) is 2.51. The van der Waals surface area contributed by atoms with Crippen molar-refractivity contribution in [2.24, 2.45) is 0 Å². The first-order valence-electron chi connectivity index (χ1n) is 5.58. The summed E-state index contributed by atoms with van der Waals surface area (Å²) in [7, 11) is 0. The lowest BCUT2D eigenvalue weighted by Crippen LogP contribution is -2.06. The van der Waals surface area contributed by atoms with E-state index >= 15 is 0 Å². The third kappa shape index (κ3) is 1.68. The Morgan fingerprint density at radius 3 is 3.00 bits per heavy atom. The van der Waals surface area contributed by atoms with Crippen LogP contribution in [0.25, 0.3) is 10.9 Å². The summed E-state index contributed by atoms with van der Waals surface area (Å²) in [5.74, 6) is 0. The molecule has 3 rings (SSSR count). The average molecular weight is 232 g/mol. The van der Waals surface area contributed by atoms with Gasteiger partial charge in [-0.05, 0) is 18.6 Å². The monoisotopic (exact) mass is 232 g/mol. The second-order valence-corrected chi connectivity index (χ2v) is 4.24. The molecule has 17 heavy (non-hydrogen) atoms. The minimum Gasteiger partial charge on any atom is -0.379 e. The second kappa shape index (κ2) is 3.85. The summed E-state index contributed by atoms with van der Waals surface area (Å²) in [6.45, 7) is 1.51. The van der Waals surface area contributed by atoms with Crippen LogP contribution in [-0.4, -0.2) is 22.7 Å². The van der Waals surface area contributed by atoms with Crippen LogP contribution in [0.4, 0.5) is 5.69 Å². The third-order valence-electron chi connectivity index (χ3n) is 3.21. The van der Waals surface area contributed by atoms with Crippen molar-refractivity contribution in [2.45, 2.75) is 12.5 Å². The molecule has 1 aromatic heterocycles. The number of nitrogens with zero attached hydrogens (tertiary/aromatic N) is 2. The first kappa shape index (κ1) is 10.3. The maximum absolute atomic E-state index is 10.7. The summed E-state index contributed by atoms with van der Waals surface area (Å²) in [5, 5.41) is 11.6. The van der Waals surface area contributed by atoms with Gasteiger partial charge >= 0.3 is 0 Å². The number of aromatic nitrogens is 1. The van der Waals surface area contributed by atoms with Crippen molar-refractivity contribution in [3.63, 3.8) is 0 Å². The smallest absolute Gasteiger partial charge is 0.270 e. The van der Waals surface area contributed by atoms with Crippen LogP contribution in [0.3, 0.4) is 0 Å². The molecule has 5 nitrogen and oxygen atoms in total. The highest BCUT2D eigenvalue weighted by molar-refractivity contribution is 5.82. The molecule has 1 aliphatic heterocycles. The fraction of sp³-hybridized carbons (Fsp3) is 0.333. The standard InChI is InChI=1S/C12H12N2O3/c15-14(16)10-1-2-12-9(7-10)3-5-13(12)11-4-6-17-8-11/h1-3,5,7,11H,4,6,8H2. The third-order valence-corrected chi connectivity index (χ3v) is 3.21. The van der Waals surface area contributed by atoms with Crippen LogP contribution in [0.5, 0.6) is 0 Å². The quantitative estimate of drug-likeness (QED) is 0.590. The van der Waals surface area contributed by atoms with E-state index in [0.29, 0.717) is 6.04 Å². The number of fused-ring (bicyclic) bond motifs is 1. The SMILES string of the molecule is O=[N+]([O-])c1ccc2c(ccn2C2CCOC2)c1. The molecule has 0 bridgehead atoms. The number of benzene rings is 1. The number of nitro groups is 1. The molecule has 88 valence electrons. The molecule has 0 aliphatic carbocycles. The van der Waals surface area contributed by atoms with Crippen LogP contribution < -0.4 is 0 Å². The molecule has 1 unspecified atom stereocenters. The zero-order valence-electron chi connectivity index (χ0n) is 9.20.